The number of carbonyl (C=O) groups excluding carboxylic acids is 1. The van der Waals surface area contributed by atoms with Crippen molar-refractivity contribution >= 4 is 11.9 Å². The van der Waals surface area contributed by atoms with E-state index in [-0.39, 0.29) is 18.1 Å². The molecule has 1 aliphatic carbocycles. The lowest BCUT2D eigenvalue weighted by Crippen LogP contribution is -2.40. The van der Waals surface area contributed by atoms with Crippen molar-refractivity contribution in [2.45, 2.75) is 31.2 Å². The van der Waals surface area contributed by atoms with E-state index in [9.17, 15) is 24.6 Å². The summed E-state index contributed by atoms with van der Waals surface area (Å²) in [7, 11) is 0. The number of carboxylic acids is 1. The summed E-state index contributed by atoms with van der Waals surface area (Å²) in [4.78, 5) is 35.8. The average molecular weight is 433 g/mol. The first-order valence-corrected chi connectivity index (χ1v) is 10.3. The molecule has 1 aromatic heterocycles. The number of hydrogen-bond acceptors (Lipinski definition) is 5. The van der Waals surface area contributed by atoms with Crippen molar-refractivity contribution in [1.82, 2.24) is 5.32 Å². The highest BCUT2D eigenvalue weighted by molar-refractivity contribution is 5.92. The summed E-state index contributed by atoms with van der Waals surface area (Å²) in [6.07, 6.45) is 0.810. The fourth-order valence-electron chi connectivity index (χ4n) is 4.15. The Hall–Kier alpha value is -3.87. The van der Waals surface area contributed by atoms with Crippen molar-refractivity contribution in [2.24, 2.45) is 5.92 Å². The highest BCUT2D eigenvalue weighted by Gasteiger charge is 2.57. The number of aromatic hydroxyl groups is 1. The summed E-state index contributed by atoms with van der Waals surface area (Å²) < 4.78 is 4.87. The number of carboxylic acid groups (broad SMARTS) is 1. The van der Waals surface area contributed by atoms with Crippen molar-refractivity contribution in [2.75, 3.05) is 0 Å². The standard InChI is InChI=1S/C25H23NO6/c1-15(23(29)30)13-25(26-22(28)21-12-11-20(27)24(31)32-21)14-19(25)18-9-7-17(8-10-18)16-5-3-2-4-6-16/h2-12,15,19,27H,13-14H2,1H3,(H,26,28)(H,29,30)/t15-,19+,25?/m1/s1. The molecule has 1 fully saturated rings. The Morgan fingerprint density at radius 1 is 1.06 bits per heavy atom. The van der Waals surface area contributed by atoms with E-state index in [1.807, 2.05) is 54.6 Å². The quantitative estimate of drug-likeness (QED) is 0.522. The smallest absolute Gasteiger partial charge is 0.378 e. The van der Waals surface area contributed by atoms with Crippen molar-refractivity contribution in [3.05, 3.63) is 88.5 Å². The highest BCUT2D eigenvalue weighted by Crippen LogP contribution is 2.55. The molecule has 4 rings (SSSR count). The summed E-state index contributed by atoms with van der Waals surface area (Å²) >= 11 is 0. The maximum absolute atomic E-state index is 12.8. The fourth-order valence-corrected chi connectivity index (χ4v) is 4.15. The highest BCUT2D eigenvalue weighted by atomic mass is 16.4. The minimum absolute atomic E-state index is 0.0677. The molecule has 7 nitrogen and oxygen atoms in total. The van der Waals surface area contributed by atoms with Crippen LogP contribution in [0.2, 0.25) is 0 Å². The van der Waals surface area contributed by atoms with E-state index in [2.05, 4.69) is 5.32 Å². The first kappa shape index (κ1) is 21.4. The number of nitrogens with one attached hydrogen (secondary N) is 1. The van der Waals surface area contributed by atoms with Gasteiger partial charge in [0.25, 0.3) is 5.91 Å². The van der Waals surface area contributed by atoms with Crippen LogP contribution in [-0.2, 0) is 4.79 Å². The minimum atomic E-state index is -1.01. The van der Waals surface area contributed by atoms with Gasteiger partial charge in [0.1, 0.15) is 0 Å². The van der Waals surface area contributed by atoms with Crippen molar-refractivity contribution in [3.8, 4) is 16.9 Å². The van der Waals surface area contributed by atoms with Gasteiger partial charge in [-0.2, -0.15) is 0 Å². The van der Waals surface area contributed by atoms with Crippen LogP contribution in [-0.4, -0.2) is 27.6 Å². The van der Waals surface area contributed by atoms with Crippen LogP contribution in [0.3, 0.4) is 0 Å². The van der Waals surface area contributed by atoms with E-state index in [0.29, 0.717) is 6.42 Å². The van der Waals surface area contributed by atoms with Gasteiger partial charge in [0.15, 0.2) is 5.76 Å². The molecule has 3 N–H and O–H groups in total. The average Bonchev–Trinajstić information content (AvgIpc) is 3.49. The number of aliphatic carboxylic acids is 1. The van der Waals surface area contributed by atoms with Gasteiger partial charge >= 0.3 is 11.6 Å². The number of amides is 1. The maximum Gasteiger partial charge on any atom is 0.378 e. The van der Waals surface area contributed by atoms with Gasteiger partial charge in [0.2, 0.25) is 5.75 Å². The lowest BCUT2D eigenvalue weighted by molar-refractivity contribution is -0.141. The van der Waals surface area contributed by atoms with Crippen molar-refractivity contribution in [1.29, 1.82) is 0 Å². The molecular weight excluding hydrogens is 410 g/mol. The normalized spacial score (nSPS) is 20.3. The van der Waals surface area contributed by atoms with Crippen LogP contribution in [0, 0.1) is 5.92 Å². The Kier molecular flexibility index (Phi) is 5.57. The molecule has 164 valence electrons. The third-order valence-electron chi connectivity index (χ3n) is 5.98. The number of hydrogen-bond donors (Lipinski definition) is 3. The van der Waals surface area contributed by atoms with Gasteiger partial charge in [-0.05, 0) is 41.7 Å². The second-order valence-electron chi connectivity index (χ2n) is 8.27. The van der Waals surface area contributed by atoms with Crippen molar-refractivity contribution in [3.63, 3.8) is 0 Å². The molecule has 1 aliphatic rings. The zero-order valence-electron chi connectivity index (χ0n) is 17.4. The second kappa shape index (κ2) is 8.34. The lowest BCUT2D eigenvalue weighted by Gasteiger charge is -2.22. The van der Waals surface area contributed by atoms with Gasteiger partial charge in [-0.25, -0.2) is 4.79 Å². The second-order valence-corrected chi connectivity index (χ2v) is 8.27. The van der Waals surface area contributed by atoms with E-state index in [1.54, 1.807) is 6.92 Å². The molecule has 32 heavy (non-hydrogen) atoms. The summed E-state index contributed by atoms with van der Waals surface area (Å²) in [6, 6.07) is 20.3. The SMILES string of the molecule is C[C@H](CC1(NC(=O)c2ccc(O)c(=O)o2)C[C@H]1c1ccc(-c2ccccc2)cc1)C(=O)O. The molecule has 0 spiro atoms. The van der Waals surface area contributed by atoms with Gasteiger partial charge in [0, 0.05) is 11.5 Å². The van der Waals surface area contributed by atoms with Gasteiger partial charge in [-0.3, -0.25) is 9.59 Å². The van der Waals surface area contributed by atoms with Crippen LogP contribution < -0.4 is 10.9 Å². The summed E-state index contributed by atoms with van der Waals surface area (Å²) in [5, 5.41) is 21.6. The Balaban J connectivity index is 1.58. The Morgan fingerprint density at radius 3 is 2.34 bits per heavy atom. The Bertz CT molecular complexity index is 1200. The molecule has 2 aromatic carbocycles. The van der Waals surface area contributed by atoms with E-state index < -0.39 is 34.7 Å². The predicted molar refractivity (Wildman–Crippen MR) is 117 cm³/mol. The maximum atomic E-state index is 12.8. The third-order valence-corrected chi connectivity index (χ3v) is 5.98. The molecule has 0 aliphatic heterocycles. The van der Waals surface area contributed by atoms with Crippen LogP contribution in [0.25, 0.3) is 11.1 Å². The zero-order chi connectivity index (χ0) is 22.9. The molecule has 1 heterocycles. The molecule has 1 saturated carbocycles. The summed E-state index contributed by atoms with van der Waals surface area (Å²) in [6.45, 7) is 1.60. The first-order chi connectivity index (χ1) is 15.3. The molecular formula is C25H23NO6. The van der Waals surface area contributed by atoms with Gasteiger partial charge in [-0.15, -0.1) is 0 Å². The molecule has 7 heteroatoms. The predicted octanol–water partition coefficient (Wildman–Crippen LogP) is 3.78. The molecule has 0 radical (unpaired) electrons. The lowest BCUT2D eigenvalue weighted by atomic mass is 9.94. The van der Waals surface area contributed by atoms with Crippen LogP contribution >= 0.6 is 0 Å². The molecule has 0 bridgehead atoms. The molecule has 3 atom stereocenters. The van der Waals surface area contributed by atoms with Crippen LogP contribution in [0.1, 0.15) is 41.8 Å². The van der Waals surface area contributed by atoms with E-state index in [0.717, 1.165) is 22.8 Å². The fraction of sp³-hybridized carbons (Fsp3) is 0.240. The first-order valence-electron chi connectivity index (χ1n) is 10.3. The van der Waals surface area contributed by atoms with Crippen molar-refractivity contribution < 1.29 is 24.2 Å². The zero-order valence-corrected chi connectivity index (χ0v) is 17.4. The van der Waals surface area contributed by atoms with Crippen LogP contribution in [0.4, 0.5) is 0 Å². The minimum Gasteiger partial charge on any atom is -0.502 e. The van der Waals surface area contributed by atoms with E-state index in [1.165, 1.54) is 6.07 Å². The van der Waals surface area contributed by atoms with Crippen LogP contribution in [0.5, 0.6) is 5.75 Å². The number of rotatable bonds is 7. The topological polar surface area (TPSA) is 117 Å². The Morgan fingerprint density at radius 2 is 1.72 bits per heavy atom. The van der Waals surface area contributed by atoms with E-state index >= 15 is 0 Å². The van der Waals surface area contributed by atoms with Gasteiger partial charge < -0.3 is 19.9 Å². The summed E-state index contributed by atoms with van der Waals surface area (Å²) in [5.41, 5.74) is 1.38. The Labute approximate surface area is 184 Å². The molecule has 0 saturated heterocycles. The van der Waals surface area contributed by atoms with E-state index in [4.69, 9.17) is 4.42 Å². The van der Waals surface area contributed by atoms with Gasteiger partial charge in [-0.1, -0.05) is 61.5 Å². The summed E-state index contributed by atoms with van der Waals surface area (Å²) in [5.74, 6) is -3.13. The van der Waals surface area contributed by atoms with Crippen LogP contribution in [0.15, 0.2) is 75.9 Å². The molecule has 1 amide bonds. The third kappa shape index (κ3) is 4.27. The largest absolute Gasteiger partial charge is 0.502 e. The number of benzene rings is 2. The molecule has 3 aromatic rings. The van der Waals surface area contributed by atoms with Gasteiger partial charge in [0.05, 0.1) is 5.92 Å². The monoisotopic (exact) mass is 433 g/mol. The molecule has 1 unspecified atom stereocenters. The number of carbonyl (C=O) groups is 2.